The Morgan fingerprint density at radius 3 is 2.54 bits per heavy atom. The molecule has 76 valence electrons. The van der Waals surface area contributed by atoms with Crippen molar-refractivity contribution in [1.29, 1.82) is 0 Å². The van der Waals surface area contributed by atoms with Gasteiger partial charge in [-0.25, -0.2) is 0 Å². The van der Waals surface area contributed by atoms with Gasteiger partial charge in [0.25, 0.3) is 5.91 Å². The molecule has 0 aromatic heterocycles. The minimum atomic E-state index is -0.473. The lowest BCUT2D eigenvalue weighted by molar-refractivity contribution is -0.190. The number of amides is 1. The molecule has 0 rings (SSSR count). The molecular weight excluding hydrogens is 190 g/mol. The molecule has 0 aromatic carbocycles. The molecule has 0 atom stereocenters. The topological polar surface area (TPSA) is 46.6 Å². The largest absolute Gasteiger partial charge is 0.339 e. The third-order valence-corrected chi connectivity index (χ3v) is 2.18. The number of rotatable bonds is 4. The molecule has 0 heterocycles. The van der Waals surface area contributed by atoms with Gasteiger partial charge in [0.2, 0.25) is 0 Å². The van der Waals surface area contributed by atoms with Crippen molar-refractivity contribution in [2.75, 3.05) is 18.6 Å². The van der Waals surface area contributed by atoms with Crippen molar-refractivity contribution < 1.29 is 14.4 Å². The third-order valence-electron chi connectivity index (χ3n) is 1.28. The van der Waals surface area contributed by atoms with Crippen LogP contribution in [0.2, 0.25) is 0 Å². The minimum absolute atomic E-state index is 0.170. The molecule has 0 radical (unpaired) electrons. The molecule has 0 aliphatic rings. The first-order valence-electron chi connectivity index (χ1n) is 4.10. The summed E-state index contributed by atoms with van der Waals surface area (Å²) in [5, 5.41) is 0.985. The number of carbonyl (C=O) groups is 2. The van der Waals surface area contributed by atoms with Crippen LogP contribution in [0.5, 0.6) is 0 Å². The first-order chi connectivity index (χ1) is 6.07. The Morgan fingerprint density at radius 2 is 2.08 bits per heavy atom. The van der Waals surface area contributed by atoms with Crippen LogP contribution in [-0.4, -0.2) is 35.5 Å². The molecule has 0 saturated heterocycles. The maximum Gasteiger partial charge on any atom is 0.329 e. The van der Waals surface area contributed by atoms with Crippen molar-refractivity contribution in [3.8, 4) is 0 Å². The molecule has 0 saturated carbocycles. The van der Waals surface area contributed by atoms with E-state index in [4.69, 9.17) is 0 Å². The van der Waals surface area contributed by atoms with Crippen LogP contribution in [0.4, 0.5) is 0 Å². The summed E-state index contributed by atoms with van der Waals surface area (Å²) < 4.78 is 0. The molecule has 0 fully saturated rings. The average molecular weight is 205 g/mol. The molecule has 1 amide bonds. The van der Waals surface area contributed by atoms with Gasteiger partial charge < -0.3 is 4.84 Å². The van der Waals surface area contributed by atoms with E-state index in [9.17, 15) is 9.59 Å². The van der Waals surface area contributed by atoms with Gasteiger partial charge in [-0.05, 0) is 5.75 Å². The van der Waals surface area contributed by atoms with Crippen molar-refractivity contribution in [3.63, 3.8) is 0 Å². The minimum Gasteiger partial charge on any atom is -0.339 e. The van der Waals surface area contributed by atoms with E-state index < -0.39 is 5.97 Å². The van der Waals surface area contributed by atoms with Crippen LogP contribution in [0, 0.1) is 0 Å². The molecule has 13 heavy (non-hydrogen) atoms. The second kappa shape index (κ2) is 6.77. The molecule has 0 aliphatic carbocycles. The van der Waals surface area contributed by atoms with Crippen molar-refractivity contribution >= 4 is 23.6 Å². The SMILES string of the molecule is CCSCCC(=O)N(C)OC(C)=O. The Hall–Kier alpha value is -0.710. The summed E-state index contributed by atoms with van der Waals surface area (Å²) in [5.74, 6) is 1.11. The standard InChI is InChI=1S/C8H15NO3S/c1-4-13-6-5-8(11)9(3)12-7(2)10/h4-6H2,1-3H3. The van der Waals surface area contributed by atoms with Gasteiger partial charge in [-0.3, -0.25) is 9.59 Å². The highest BCUT2D eigenvalue weighted by Crippen LogP contribution is 2.03. The van der Waals surface area contributed by atoms with Crippen LogP contribution >= 0.6 is 11.8 Å². The summed E-state index contributed by atoms with van der Waals surface area (Å²) >= 11 is 1.68. The van der Waals surface area contributed by atoms with Gasteiger partial charge in [0.1, 0.15) is 0 Å². The zero-order valence-electron chi connectivity index (χ0n) is 8.20. The normalized spacial score (nSPS) is 9.46. The first-order valence-corrected chi connectivity index (χ1v) is 5.26. The van der Waals surface area contributed by atoms with Crippen LogP contribution in [0.1, 0.15) is 20.3 Å². The fourth-order valence-corrected chi connectivity index (χ4v) is 1.31. The van der Waals surface area contributed by atoms with E-state index in [0.717, 1.165) is 16.6 Å². The van der Waals surface area contributed by atoms with Gasteiger partial charge in [-0.15, -0.1) is 0 Å². The lowest BCUT2D eigenvalue weighted by Crippen LogP contribution is -2.29. The molecular formula is C8H15NO3S. The van der Waals surface area contributed by atoms with E-state index in [1.807, 2.05) is 6.92 Å². The van der Waals surface area contributed by atoms with Crippen molar-refractivity contribution in [2.45, 2.75) is 20.3 Å². The Balaban J connectivity index is 3.63. The molecule has 0 aromatic rings. The summed E-state index contributed by atoms with van der Waals surface area (Å²) in [5.41, 5.74) is 0. The number of carbonyl (C=O) groups excluding carboxylic acids is 2. The summed E-state index contributed by atoms with van der Waals surface area (Å²) in [6.45, 7) is 3.30. The number of hydrogen-bond acceptors (Lipinski definition) is 4. The van der Waals surface area contributed by atoms with Gasteiger partial charge in [-0.1, -0.05) is 6.92 Å². The second-order valence-electron chi connectivity index (χ2n) is 2.42. The highest BCUT2D eigenvalue weighted by atomic mass is 32.2. The average Bonchev–Trinajstić information content (AvgIpc) is 2.03. The van der Waals surface area contributed by atoms with E-state index in [1.54, 1.807) is 11.8 Å². The fraction of sp³-hybridized carbons (Fsp3) is 0.750. The predicted molar refractivity (Wildman–Crippen MR) is 52.2 cm³/mol. The first kappa shape index (κ1) is 12.3. The van der Waals surface area contributed by atoms with Gasteiger partial charge in [0.15, 0.2) is 0 Å². The molecule has 5 heteroatoms. The molecule has 0 aliphatic heterocycles. The van der Waals surface area contributed by atoms with Gasteiger partial charge in [-0.2, -0.15) is 16.8 Å². The van der Waals surface area contributed by atoms with Crippen LogP contribution < -0.4 is 0 Å². The molecule has 4 nitrogen and oxygen atoms in total. The van der Waals surface area contributed by atoms with Crippen LogP contribution in [-0.2, 0) is 14.4 Å². The van der Waals surface area contributed by atoms with Crippen LogP contribution in [0.25, 0.3) is 0 Å². The lowest BCUT2D eigenvalue weighted by Gasteiger charge is -2.14. The molecule has 0 unspecified atom stereocenters. The van der Waals surface area contributed by atoms with E-state index >= 15 is 0 Å². The number of hydrogen-bond donors (Lipinski definition) is 0. The summed E-state index contributed by atoms with van der Waals surface area (Å²) in [6.07, 6.45) is 0.405. The van der Waals surface area contributed by atoms with E-state index in [0.29, 0.717) is 6.42 Å². The summed E-state index contributed by atoms with van der Waals surface area (Å²) in [7, 11) is 1.44. The second-order valence-corrected chi connectivity index (χ2v) is 3.81. The number of thioether (sulfide) groups is 1. The zero-order valence-corrected chi connectivity index (χ0v) is 9.02. The highest BCUT2D eigenvalue weighted by molar-refractivity contribution is 7.99. The maximum absolute atomic E-state index is 11.2. The number of hydroxylamine groups is 2. The van der Waals surface area contributed by atoms with Gasteiger partial charge in [0, 0.05) is 26.1 Å². The molecule has 0 spiro atoms. The number of nitrogens with zero attached hydrogens (tertiary/aromatic N) is 1. The smallest absolute Gasteiger partial charge is 0.329 e. The Bertz CT molecular complexity index is 184. The highest BCUT2D eigenvalue weighted by Gasteiger charge is 2.10. The van der Waals surface area contributed by atoms with Crippen molar-refractivity contribution in [2.24, 2.45) is 0 Å². The molecule has 0 bridgehead atoms. The van der Waals surface area contributed by atoms with E-state index in [1.165, 1.54) is 14.0 Å². The van der Waals surface area contributed by atoms with Crippen molar-refractivity contribution in [3.05, 3.63) is 0 Å². The quantitative estimate of drug-likeness (QED) is 0.508. The Kier molecular flexibility index (Phi) is 6.40. The summed E-state index contributed by atoms with van der Waals surface area (Å²) in [4.78, 5) is 26.2. The van der Waals surface area contributed by atoms with Crippen LogP contribution in [0.3, 0.4) is 0 Å². The van der Waals surface area contributed by atoms with E-state index in [-0.39, 0.29) is 5.91 Å². The fourth-order valence-electron chi connectivity index (χ4n) is 0.705. The van der Waals surface area contributed by atoms with E-state index in [2.05, 4.69) is 4.84 Å². The lowest BCUT2D eigenvalue weighted by atomic mass is 10.4. The van der Waals surface area contributed by atoms with Gasteiger partial charge in [0.05, 0.1) is 0 Å². The Labute approximate surface area is 82.6 Å². The molecule has 0 N–H and O–H groups in total. The third kappa shape index (κ3) is 6.45. The monoisotopic (exact) mass is 205 g/mol. The van der Waals surface area contributed by atoms with Crippen LogP contribution in [0.15, 0.2) is 0 Å². The predicted octanol–water partition coefficient (Wildman–Crippen LogP) is 1.07. The Morgan fingerprint density at radius 1 is 1.46 bits per heavy atom. The zero-order chi connectivity index (χ0) is 10.3. The maximum atomic E-state index is 11.2. The van der Waals surface area contributed by atoms with Gasteiger partial charge >= 0.3 is 5.97 Å². The van der Waals surface area contributed by atoms with Crippen molar-refractivity contribution in [1.82, 2.24) is 5.06 Å². The summed E-state index contributed by atoms with van der Waals surface area (Å²) in [6, 6.07) is 0.